The van der Waals surface area contributed by atoms with Crippen LogP contribution in [0, 0.1) is 0 Å². The molecule has 0 unspecified atom stereocenters. The van der Waals surface area contributed by atoms with Gasteiger partial charge in [-0.2, -0.15) is 13.2 Å². The molecule has 1 aromatic carbocycles. The second kappa shape index (κ2) is 7.20. The highest BCUT2D eigenvalue weighted by Crippen LogP contribution is 2.20. The fourth-order valence-electron chi connectivity index (χ4n) is 1.06. The van der Waals surface area contributed by atoms with Crippen LogP contribution in [0.4, 0.5) is 18.9 Å². The molecular formula is C11H14ClF3N2O2. The molecule has 0 saturated carbocycles. The maximum absolute atomic E-state index is 11.9. The summed E-state index contributed by atoms with van der Waals surface area (Å²) in [6.45, 7) is 0.175. The monoisotopic (exact) mass is 298 g/mol. The molecule has 0 aromatic heterocycles. The Bertz CT molecular complexity index is 407. The first kappa shape index (κ1) is 17.5. The van der Waals surface area contributed by atoms with Crippen LogP contribution in [0.5, 0.6) is 5.75 Å². The SMILES string of the molecule is C[C@@H](N)C(=O)Nc1ccc(OCC(F)(F)F)cc1.Cl. The van der Waals surface area contributed by atoms with Crippen molar-refractivity contribution in [2.45, 2.75) is 19.1 Å². The highest BCUT2D eigenvalue weighted by Gasteiger charge is 2.28. The highest BCUT2D eigenvalue weighted by molar-refractivity contribution is 5.94. The van der Waals surface area contributed by atoms with Crippen LogP contribution in [0.15, 0.2) is 24.3 Å². The highest BCUT2D eigenvalue weighted by atomic mass is 35.5. The van der Waals surface area contributed by atoms with Crippen molar-refractivity contribution in [3.05, 3.63) is 24.3 Å². The lowest BCUT2D eigenvalue weighted by atomic mass is 10.2. The fraction of sp³-hybridized carbons (Fsp3) is 0.364. The van der Waals surface area contributed by atoms with Gasteiger partial charge in [0.05, 0.1) is 6.04 Å². The van der Waals surface area contributed by atoms with Gasteiger partial charge in [-0.15, -0.1) is 12.4 Å². The van der Waals surface area contributed by atoms with Crippen molar-refractivity contribution in [2.24, 2.45) is 5.73 Å². The first-order valence-corrected chi connectivity index (χ1v) is 5.14. The summed E-state index contributed by atoms with van der Waals surface area (Å²) in [6, 6.07) is 4.88. The third-order valence-electron chi connectivity index (χ3n) is 1.94. The third-order valence-corrected chi connectivity index (χ3v) is 1.94. The first-order chi connectivity index (χ1) is 8.28. The van der Waals surface area contributed by atoms with Gasteiger partial charge < -0.3 is 15.8 Å². The molecule has 1 atom stereocenters. The maximum Gasteiger partial charge on any atom is 0.422 e. The number of hydrogen-bond donors (Lipinski definition) is 2. The van der Waals surface area contributed by atoms with Crippen molar-refractivity contribution in [1.29, 1.82) is 0 Å². The molecule has 19 heavy (non-hydrogen) atoms. The van der Waals surface area contributed by atoms with Gasteiger partial charge in [0.1, 0.15) is 5.75 Å². The second-order valence-electron chi connectivity index (χ2n) is 3.71. The normalized spacial score (nSPS) is 12.3. The summed E-state index contributed by atoms with van der Waals surface area (Å²) < 4.78 is 40.2. The Morgan fingerprint density at radius 2 is 1.89 bits per heavy atom. The van der Waals surface area contributed by atoms with Gasteiger partial charge in [-0.25, -0.2) is 0 Å². The fourth-order valence-corrected chi connectivity index (χ4v) is 1.06. The van der Waals surface area contributed by atoms with E-state index < -0.39 is 18.8 Å². The van der Waals surface area contributed by atoms with E-state index in [-0.39, 0.29) is 24.1 Å². The lowest BCUT2D eigenvalue weighted by molar-refractivity contribution is -0.153. The molecule has 1 rings (SSSR count). The zero-order valence-electron chi connectivity index (χ0n) is 10.0. The molecule has 0 aliphatic rings. The Balaban J connectivity index is 0.00000324. The van der Waals surface area contributed by atoms with E-state index in [1.165, 1.54) is 31.2 Å². The number of rotatable bonds is 4. The molecular weight excluding hydrogens is 285 g/mol. The molecule has 0 heterocycles. The lowest BCUT2D eigenvalue weighted by Crippen LogP contribution is -2.32. The van der Waals surface area contributed by atoms with Crippen molar-refractivity contribution >= 4 is 24.0 Å². The topological polar surface area (TPSA) is 64.4 Å². The van der Waals surface area contributed by atoms with Crippen LogP contribution in [-0.4, -0.2) is 24.7 Å². The van der Waals surface area contributed by atoms with E-state index >= 15 is 0 Å². The summed E-state index contributed by atoms with van der Waals surface area (Å²) in [6.07, 6.45) is -4.37. The van der Waals surface area contributed by atoms with Crippen LogP contribution < -0.4 is 15.8 Å². The van der Waals surface area contributed by atoms with E-state index in [9.17, 15) is 18.0 Å². The number of hydrogen-bond acceptors (Lipinski definition) is 3. The molecule has 0 saturated heterocycles. The number of carbonyl (C=O) groups excluding carboxylic acids is 1. The van der Waals surface area contributed by atoms with Gasteiger partial charge in [-0.1, -0.05) is 0 Å². The number of nitrogens with one attached hydrogen (secondary N) is 1. The quantitative estimate of drug-likeness (QED) is 0.897. The van der Waals surface area contributed by atoms with Gasteiger partial charge in [0.25, 0.3) is 0 Å². The number of ether oxygens (including phenoxy) is 1. The smallest absolute Gasteiger partial charge is 0.422 e. The van der Waals surface area contributed by atoms with Crippen molar-refractivity contribution in [3.8, 4) is 5.75 Å². The molecule has 108 valence electrons. The third kappa shape index (κ3) is 6.88. The maximum atomic E-state index is 11.9. The van der Waals surface area contributed by atoms with Crippen molar-refractivity contribution in [2.75, 3.05) is 11.9 Å². The summed E-state index contributed by atoms with van der Waals surface area (Å²) in [5, 5.41) is 2.50. The van der Waals surface area contributed by atoms with Gasteiger partial charge in [0, 0.05) is 5.69 Å². The minimum Gasteiger partial charge on any atom is -0.484 e. The zero-order valence-corrected chi connectivity index (χ0v) is 10.8. The molecule has 1 amide bonds. The summed E-state index contributed by atoms with van der Waals surface area (Å²) in [5.74, 6) is -0.301. The van der Waals surface area contributed by atoms with Crippen LogP contribution >= 0.6 is 12.4 Å². The Morgan fingerprint density at radius 1 is 1.37 bits per heavy atom. The standard InChI is InChI=1S/C11H13F3N2O2.ClH/c1-7(15)10(17)16-8-2-4-9(5-3-8)18-6-11(12,13)14;/h2-5,7H,6,15H2,1H3,(H,16,17);1H/t7-;/m1./s1. The molecule has 4 nitrogen and oxygen atoms in total. The number of amides is 1. The van der Waals surface area contributed by atoms with Crippen molar-refractivity contribution < 1.29 is 22.7 Å². The van der Waals surface area contributed by atoms with Crippen LogP contribution in [0.25, 0.3) is 0 Å². The Hall–Kier alpha value is -1.47. The number of halogens is 4. The number of benzene rings is 1. The van der Waals surface area contributed by atoms with Gasteiger partial charge in [0.15, 0.2) is 6.61 Å². The molecule has 0 spiro atoms. The largest absolute Gasteiger partial charge is 0.484 e. The van der Waals surface area contributed by atoms with Crippen LogP contribution in [0.2, 0.25) is 0 Å². The van der Waals surface area contributed by atoms with E-state index in [2.05, 4.69) is 10.1 Å². The van der Waals surface area contributed by atoms with E-state index in [0.717, 1.165) is 0 Å². The van der Waals surface area contributed by atoms with Crippen molar-refractivity contribution in [3.63, 3.8) is 0 Å². The molecule has 3 N–H and O–H groups in total. The molecule has 0 radical (unpaired) electrons. The summed E-state index contributed by atoms with van der Waals surface area (Å²) >= 11 is 0. The zero-order chi connectivity index (χ0) is 13.8. The number of anilines is 1. The minimum absolute atomic E-state index is 0. The Labute approximate surface area is 114 Å². The summed E-state index contributed by atoms with van der Waals surface area (Å²) in [5.41, 5.74) is 5.79. The van der Waals surface area contributed by atoms with Crippen LogP contribution in [-0.2, 0) is 4.79 Å². The van der Waals surface area contributed by atoms with Crippen LogP contribution in [0.1, 0.15) is 6.92 Å². The number of carbonyl (C=O) groups is 1. The molecule has 0 fully saturated rings. The first-order valence-electron chi connectivity index (χ1n) is 5.14. The predicted octanol–water partition coefficient (Wildman–Crippen LogP) is 2.34. The average molecular weight is 299 g/mol. The molecule has 8 heteroatoms. The minimum atomic E-state index is -4.37. The van der Waals surface area contributed by atoms with Crippen LogP contribution in [0.3, 0.4) is 0 Å². The van der Waals surface area contributed by atoms with Gasteiger partial charge in [-0.05, 0) is 31.2 Å². The molecule has 0 aliphatic heterocycles. The van der Waals surface area contributed by atoms with Gasteiger partial charge in [-0.3, -0.25) is 4.79 Å². The predicted molar refractivity (Wildman–Crippen MR) is 67.5 cm³/mol. The molecule has 1 aromatic rings. The summed E-state index contributed by atoms with van der Waals surface area (Å²) in [4.78, 5) is 11.2. The van der Waals surface area contributed by atoms with E-state index in [1.807, 2.05) is 0 Å². The summed E-state index contributed by atoms with van der Waals surface area (Å²) in [7, 11) is 0. The van der Waals surface area contributed by atoms with E-state index in [4.69, 9.17) is 5.73 Å². The second-order valence-corrected chi connectivity index (χ2v) is 3.71. The number of nitrogens with two attached hydrogens (primary N) is 1. The Kier molecular flexibility index (Phi) is 6.64. The molecule has 0 bridgehead atoms. The van der Waals surface area contributed by atoms with E-state index in [0.29, 0.717) is 5.69 Å². The average Bonchev–Trinajstić information content (AvgIpc) is 2.27. The van der Waals surface area contributed by atoms with Gasteiger partial charge in [0.2, 0.25) is 5.91 Å². The van der Waals surface area contributed by atoms with E-state index in [1.54, 1.807) is 0 Å². The van der Waals surface area contributed by atoms with Gasteiger partial charge >= 0.3 is 6.18 Å². The number of alkyl halides is 3. The Morgan fingerprint density at radius 3 is 2.32 bits per heavy atom. The molecule has 0 aliphatic carbocycles. The lowest BCUT2D eigenvalue weighted by Gasteiger charge is -2.10. The van der Waals surface area contributed by atoms with Crippen molar-refractivity contribution in [1.82, 2.24) is 0 Å².